The van der Waals surface area contributed by atoms with E-state index in [9.17, 15) is 4.79 Å². The number of benzene rings is 2. The summed E-state index contributed by atoms with van der Waals surface area (Å²) in [5.74, 6) is 0. The zero-order valence-electron chi connectivity index (χ0n) is 11.3. The summed E-state index contributed by atoms with van der Waals surface area (Å²) in [6, 6.07) is 15.3. The summed E-state index contributed by atoms with van der Waals surface area (Å²) in [7, 11) is 0. The third kappa shape index (κ3) is 1.72. The van der Waals surface area contributed by atoms with Gasteiger partial charge in [0.25, 0.3) is 0 Å². The van der Waals surface area contributed by atoms with Gasteiger partial charge in [-0.1, -0.05) is 42.5 Å². The highest BCUT2D eigenvalue weighted by Crippen LogP contribution is 2.41. The normalized spacial score (nSPS) is 17.1. The Morgan fingerprint density at radius 3 is 2.71 bits per heavy atom. The molecular weight excluding hydrogens is 264 g/mol. The van der Waals surface area contributed by atoms with Crippen LogP contribution in [0.1, 0.15) is 22.7 Å². The van der Waals surface area contributed by atoms with Crippen molar-refractivity contribution in [2.45, 2.75) is 12.6 Å². The van der Waals surface area contributed by atoms with Gasteiger partial charge in [0.15, 0.2) is 0 Å². The molecule has 2 N–H and O–H groups in total. The van der Waals surface area contributed by atoms with E-state index in [0.717, 1.165) is 27.7 Å². The molecule has 1 unspecified atom stereocenters. The molecule has 4 heteroatoms. The number of hydrogen-bond acceptors (Lipinski definition) is 2. The van der Waals surface area contributed by atoms with Crippen molar-refractivity contribution in [3.63, 3.8) is 0 Å². The highest BCUT2D eigenvalue weighted by Gasteiger charge is 2.35. The molecule has 4 rings (SSSR count). The van der Waals surface area contributed by atoms with Gasteiger partial charge in [-0.3, -0.25) is 0 Å². The molecule has 2 aromatic carbocycles. The number of carbonyl (C=O) groups excluding carboxylic acids is 1. The van der Waals surface area contributed by atoms with E-state index in [1.807, 2.05) is 48.5 Å². The fraction of sp³-hybridized carbons (Fsp3) is 0.118. The van der Waals surface area contributed by atoms with Crippen molar-refractivity contribution < 1.29 is 9.21 Å². The number of urea groups is 1. The number of primary amides is 1. The molecule has 104 valence electrons. The van der Waals surface area contributed by atoms with Crippen molar-refractivity contribution in [1.82, 2.24) is 4.90 Å². The predicted octanol–water partition coefficient (Wildman–Crippen LogP) is 3.42. The maximum atomic E-state index is 11.8. The number of nitrogens with two attached hydrogens (primary N) is 1. The van der Waals surface area contributed by atoms with Gasteiger partial charge in [-0.05, 0) is 17.2 Å². The molecule has 3 aromatic rings. The Morgan fingerprint density at radius 2 is 1.86 bits per heavy atom. The molecule has 0 bridgehead atoms. The van der Waals surface area contributed by atoms with E-state index in [0.29, 0.717) is 6.54 Å². The van der Waals surface area contributed by atoms with Gasteiger partial charge in [-0.15, -0.1) is 0 Å². The number of para-hydroxylation sites is 1. The zero-order valence-corrected chi connectivity index (χ0v) is 11.3. The van der Waals surface area contributed by atoms with Crippen molar-refractivity contribution in [3.8, 4) is 0 Å². The Kier molecular flexibility index (Phi) is 2.51. The summed E-state index contributed by atoms with van der Waals surface area (Å²) < 4.78 is 5.63. The smallest absolute Gasteiger partial charge is 0.315 e. The van der Waals surface area contributed by atoms with Crippen LogP contribution in [0, 0.1) is 0 Å². The molecule has 1 aliphatic rings. The minimum absolute atomic E-state index is 0.178. The Morgan fingerprint density at radius 1 is 1.10 bits per heavy atom. The second-order valence-electron chi connectivity index (χ2n) is 5.25. The number of rotatable bonds is 1. The van der Waals surface area contributed by atoms with Crippen LogP contribution in [0.3, 0.4) is 0 Å². The van der Waals surface area contributed by atoms with Crippen LogP contribution in [0.5, 0.6) is 0 Å². The van der Waals surface area contributed by atoms with Gasteiger partial charge in [0.05, 0.1) is 12.3 Å². The van der Waals surface area contributed by atoms with Crippen LogP contribution in [0.25, 0.3) is 11.0 Å². The fourth-order valence-corrected chi connectivity index (χ4v) is 3.14. The van der Waals surface area contributed by atoms with E-state index in [-0.39, 0.29) is 6.04 Å². The summed E-state index contributed by atoms with van der Waals surface area (Å²) >= 11 is 0. The van der Waals surface area contributed by atoms with Crippen LogP contribution in [0.4, 0.5) is 4.79 Å². The van der Waals surface area contributed by atoms with Crippen LogP contribution >= 0.6 is 0 Å². The third-order valence-electron chi connectivity index (χ3n) is 4.09. The first-order valence-corrected chi connectivity index (χ1v) is 6.85. The minimum atomic E-state index is -0.415. The highest BCUT2D eigenvalue weighted by molar-refractivity contribution is 5.84. The number of hydrogen-bond donors (Lipinski definition) is 1. The zero-order chi connectivity index (χ0) is 14.4. The number of furan rings is 1. The van der Waals surface area contributed by atoms with E-state index in [4.69, 9.17) is 10.2 Å². The van der Waals surface area contributed by atoms with Gasteiger partial charge in [0, 0.05) is 17.5 Å². The van der Waals surface area contributed by atoms with Crippen molar-refractivity contribution >= 4 is 17.0 Å². The summed E-state index contributed by atoms with van der Waals surface area (Å²) in [6.45, 7) is 0.537. The quantitative estimate of drug-likeness (QED) is 0.741. The predicted molar refractivity (Wildman–Crippen MR) is 79.6 cm³/mol. The van der Waals surface area contributed by atoms with Crippen LogP contribution < -0.4 is 5.73 Å². The SMILES string of the molecule is NC(=O)N1Cc2ccccc2C1c1coc2ccccc12. The molecule has 1 atom stereocenters. The van der Waals surface area contributed by atoms with Crippen molar-refractivity contribution in [1.29, 1.82) is 0 Å². The molecule has 0 saturated heterocycles. The lowest BCUT2D eigenvalue weighted by molar-refractivity contribution is 0.199. The molecule has 0 radical (unpaired) electrons. The largest absolute Gasteiger partial charge is 0.464 e. The number of carbonyl (C=O) groups is 1. The molecule has 1 aliphatic heterocycles. The lowest BCUT2D eigenvalue weighted by Gasteiger charge is -2.22. The second-order valence-corrected chi connectivity index (χ2v) is 5.25. The lowest BCUT2D eigenvalue weighted by atomic mass is 9.97. The van der Waals surface area contributed by atoms with E-state index >= 15 is 0 Å². The first kappa shape index (κ1) is 12.0. The molecule has 2 heterocycles. The average Bonchev–Trinajstić information content (AvgIpc) is 3.07. The first-order chi connectivity index (χ1) is 10.3. The number of fused-ring (bicyclic) bond motifs is 2. The Bertz CT molecular complexity index is 837. The van der Waals surface area contributed by atoms with Crippen LogP contribution in [-0.4, -0.2) is 10.9 Å². The molecule has 21 heavy (non-hydrogen) atoms. The summed E-state index contributed by atoms with van der Waals surface area (Å²) in [5.41, 5.74) is 9.62. The van der Waals surface area contributed by atoms with Gasteiger partial charge >= 0.3 is 6.03 Å². The third-order valence-corrected chi connectivity index (χ3v) is 4.09. The molecule has 4 nitrogen and oxygen atoms in total. The average molecular weight is 278 g/mol. The van der Waals surface area contributed by atoms with Crippen molar-refractivity contribution in [2.75, 3.05) is 0 Å². The van der Waals surface area contributed by atoms with Crippen LogP contribution in [0.15, 0.2) is 59.2 Å². The van der Waals surface area contributed by atoms with Gasteiger partial charge in [-0.2, -0.15) is 0 Å². The molecule has 0 spiro atoms. The van der Waals surface area contributed by atoms with E-state index < -0.39 is 6.03 Å². The van der Waals surface area contributed by atoms with E-state index in [2.05, 4.69) is 0 Å². The second kappa shape index (κ2) is 4.38. The molecule has 0 saturated carbocycles. The van der Waals surface area contributed by atoms with Gasteiger partial charge < -0.3 is 15.1 Å². The van der Waals surface area contributed by atoms with Crippen molar-refractivity contribution in [2.24, 2.45) is 5.73 Å². The molecule has 2 amide bonds. The number of nitrogens with zero attached hydrogens (tertiary/aromatic N) is 1. The van der Waals surface area contributed by atoms with E-state index in [1.54, 1.807) is 11.2 Å². The summed E-state index contributed by atoms with van der Waals surface area (Å²) in [6.07, 6.45) is 1.73. The van der Waals surface area contributed by atoms with Crippen LogP contribution in [0.2, 0.25) is 0 Å². The van der Waals surface area contributed by atoms with Gasteiger partial charge in [0.2, 0.25) is 0 Å². The molecule has 0 aliphatic carbocycles. The van der Waals surface area contributed by atoms with Gasteiger partial charge in [-0.25, -0.2) is 4.79 Å². The molecular formula is C17H14N2O2. The Labute approximate surface area is 121 Å². The van der Waals surface area contributed by atoms with E-state index in [1.165, 1.54) is 0 Å². The topological polar surface area (TPSA) is 59.5 Å². The Hall–Kier alpha value is -2.75. The monoisotopic (exact) mass is 278 g/mol. The highest BCUT2D eigenvalue weighted by atomic mass is 16.3. The molecule has 0 fully saturated rings. The Balaban J connectivity index is 1.94. The maximum absolute atomic E-state index is 11.8. The fourth-order valence-electron chi connectivity index (χ4n) is 3.14. The maximum Gasteiger partial charge on any atom is 0.315 e. The molecule has 1 aromatic heterocycles. The lowest BCUT2D eigenvalue weighted by Crippen LogP contribution is -2.34. The summed E-state index contributed by atoms with van der Waals surface area (Å²) in [5, 5.41) is 1.02. The van der Waals surface area contributed by atoms with Crippen molar-refractivity contribution in [3.05, 3.63) is 71.5 Å². The van der Waals surface area contributed by atoms with Crippen LogP contribution in [-0.2, 0) is 6.54 Å². The summed E-state index contributed by atoms with van der Waals surface area (Å²) in [4.78, 5) is 13.5. The standard InChI is InChI=1S/C17H14N2O2/c18-17(20)19-9-11-5-1-2-6-12(11)16(19)14-10-21-15-8-4-3-7-13(14)15/h1-8,10,16H,9H2,(H2,18,20). The minimum Gasteiger partial charge on any atom is -0.464 e. The first-order valence-electron chi connectivity index (χ1n) is 6.85. The van der Waals surface area contributed by atoms with Gasteiger partial charge in [0.1, 0.15) is 5.58 Å². The number of amides is 2.